The van der Waals surface area contributed by atoms with Crippen LogP contribution in [-0.2, 0) is 20.7 Å². The Morgan fingerprint density at radius 2 is 1.77 bits per heavy atom. The van der Waals surface area contributed by atoms with Gasteiger partial charge in [0.15, 0.2) is 6.61 Å². The largest absolute Gasteiger partial charge is 0.455 e. The Bertz CT molecular complexity index is 562. The third kappa shape index (κ3) is 6.88. The second kappa shape index (κ2) is 7.59. The van der Waals surface area contributed by atoms with Crippen LogP contribution in [0.15, 0.2) is 24.3 Å². The summed E-state index contributed by atoms with van der Waals surface area (Å²) >= 11 is 0. The van der Waals surface area contributed by atoms with Crippen LogP contribution in [0.2, 0.25) is 0 Å². The van der Waals surface area contributed by atoms with Gasteiger partial charge >= 0.3 is 12.0 Å². The van der Waals surface area contributed by atoms with E-state index in [0.717, 1.165) is 11.1 Å². The normalized spacial score (nSPS) is 10.7. The number of urea groups is 1. The first kappa shape index (κ1) is 17.7. The first-order chi connectivity index (χ1) is 10.2. The summed E-state index contributed by atoms with van der Waals surface area (Å²) in [5, 5.41) is 4.67. The number of carbonyl (C=O) groups excluding carboxylic acids is 3. The van der Waals surface area contributed by atoms with Gasteiger partial charge in [-0.1, -0.05) is 24.3 Å². The van der Waals surface area contributed by atoms with Crippen molar-refractivity contribution in [2.45, 2.75) is 39.7 Å². The zero-order chi connectivity index (χ0) is 16.8. The Morgan fingerprint density at radius 3 is 2.36 bits per heavy atom. The van der Waals surface area contributed by atoms with Gasteiger partial charge < -0.3 is 10.1 Å². The summed E-state index contributed by atoms with van der Waals surface area (Å²) in [7, 11) is 0. The molecule has 1 rings (SSSR count). The number of amides is 3. The minimum atomic E-state index is -0.667. The second-order valence-corrected chi connectivity index (χ2v) is 6.02. The molecule has 22 heavy (non-hydrogen) atoms. The predicted octanol–water partition coefficient (Wildman–Crippen LogP) is 1.71. The van der Waals surface area contributed by atoms with Gasteiger partial charge in [-0.3, -0.25) is 14.9 Å². The van der Waals surface area contributed by atoms with Crippen LogP contribution < -0.4 is 10.6 Å². The Labute approximate surface area is 130 Å². The molecular weight excluding hydrogens is 284 g/mol. The van der Waals surface area contributed by atoms with Crippen LogP contribution in [0.4, 0.5) is 4.79 Å². The molecule has 0 radical (unpaired) electrons. The van der Waals surface area contributed by atoms with Gasteiger partial charge in [-0.05, 0) is 38.8 Å². The lowest BCUT2D eigenvalue weighted by Crippen LogP contribution is -2.49. The van der Waals surface area contributed by atoms with Crippen molar-refractivity contribution in [1.82, 2.24) is 10.6 Å². The molecule has 0 saturated heterocycles. The molecule has 3 amide bonds. The molecular formula is C16H22N2O4. The number of nitrogens with one attached hydrogen (secondary N) is 2. The topological polar surface area (TPSA) is 84.5 Å². The van der Waals surface area contributed by atoms with Gasteiger partial charge in [0.25, 0.3) is 5.91 Å². The van der Waals surface area contributed by atoms with Crippen LogP contribution in [0, 0.1) is 6.92 Å². The smallest absolute Gasteiger partial charge is 0.321 e. The molecule has 0 unspecified atom stereocenters. The van der Waals surface area contributed by atoms with Crippen LogP contribution in [0.1, 0.15) is 31.9 Å². The molecule has 6 heteroatoms. The van der Waals surface area contributed by atoms with Crippen molar-refractivity contribution in [2.75, 3.05) is 6.61 Å². The lowest BCUT2D eigenvalue weighted by molar-refractivity contribution is -0.147. The van der Waals surface area contributed by atoms with Crippen LogP contribution in [0.3, 0.4) is 0 Å². The molecule has 0 aromatic heterocycles. The van der Waals surface area contributed by atoms with Gasteiger partial charge in [-0.15, -0.1) is 0 Å². The first-order valence-corrected chi connectivity index (χ1v) is 6.99. The van der Waals surface area contributed by atoms with Crippen molar-refractivity contribution >= 4 is 17.9 Å². The Kier molecular flexibility index (Phi) is 6.10. The molecule has 0 saturated carbocycles. The summed E-state index contributed by atoms with van der Waals surface area (Å²) in [6.07, 6.45) is 0.0914. The fourth-order valence-electron chi connectivity index (χ4n) is 1.70. The Hall–Kier alpha value is -2.37. The van der Waals surface area contributed by atoms with Crippen LogP contribution >= 0.6 is 0 Å². The molecule has 0 atom stereocenters. The van der Waals surface area contributed by atoms with E-state index in [2.05, 4.69) is 10.6 Å². The lowest BCUT2D eigenvalue weighted by Gasteiger charge is -2.20. The van der Waals surface area contributed by atoms with Crippen molar-refractivity contribution in [1.29, 1.82) is 0 Å². The van der Waals surface area contributed by atoms with E-state index in [9.17, 15) is 14.4 Å². The first-order valence-electron chi connectivity index (χ1n) is 6.99. The number of benzene rings is 1. The summed E-state index contributed by atoms with van der Waals surface area (Å²) in [4.78, 5) is 34.7. The lowest BCUT2D eigenvalue weighted by atomic mass is 10.1. The highest BCUT2D eigenvalue weighted by molar-refractivity contribution is 5.95. The van der Waals surface area contributed by atoms with E-state index in [1.54, 1.807) is 20.8 Å². The highest BCUT2D eigenvalue weighted by Gasteiger charge is 2.16. The molecule has 2 N–H and O–H groups in total. The van der Waals surface area contributed by atoms with Gasteiger partial charge in [0, 0.05) is 5.54 Å². The zero-order valence-electron chi connectivity index (χ0n) is 13.4. The third-order valence-electron chi connectivity index (χ3n) is 2.70. The standard InChI is InChI=1S/C16H22N2O4/c1-11-7-5-6-8-12(11)9-14(20)22-10-13(19)17-15(21)18-16(2,3)4/h5-8H,9-10H2,1-4H3,(H2,17,18,19,21). The number of ether oxygens (including phenoxy) is 1. The number of aryl methyl sites for hydroxylation is 1. The van der Waals surface area contributed by atoms with Gasteiger partial charge in [0.05, 0.1) is 6.42 Å². The predicted molar refractivity (Wildman–Crippen MR) is 82.3 cm³/mol. The summed E-state index contributed by atoms with van der Waals surface area (Å²) in [6.45, 7) is 6.78. The minimum absolute atomic E-state index is 0.0914. The fourth-order valence-corrected chi connectivity index (χ4v) is 1.70. The van der Waals surface area contributed by atoms with E-state index >= 15 is 0 Å². The molecule has 0 aliphatic heterocycles. The van der Waals surface area contributed by atoms with E-state index in [4.69, 9.17) is 4.74 Å². The molecule has 120 valence electrons. The van der Waals surface area contributed by atoms with Crippen LogP contribution in [0.5, 0.6) is 0 Å². The van der Waals surface area contributed by atoms with Crippen molar-refractivity contribution in [3.63, 3.8) is 0 Å². The number of rotatable bonds is 4. The van der Waals surface area contributed by atoms with Gasteiger partial charge in [-0.25, -0.2) is 4.79 Å². The van der Waals surface area contributed by atoms with Crippen molar-refractivity contribution in [3.8, 4) is 0 Å². The maximum absolute atomic E-state index is 11.7. The van der Waals surface area contributed by atoms with E-state index in [1.807, 2.05) is 31.2 Å². The molecule has 0 spiro atoms. The molecule has 0 fully saturated rings. The van der Waals surface area contributed by atoms with E-state index < -0.39 is 30.1 Å². The highest BCUT2D eigenvalue weighted by atomic mass is 16.5. The molecule has 0 aliphatic rings. The van der Waals surface area contributed by atoms with E-state index in [1.165, 1.54) is 0 Å². The fraction of sp³-hybridized carbons (Fsp3) is 0.438. The quantitative estimate of drug-likeness (QED) is 0.829. The molecule has 6 nitrogen and oxygen atoms in total. The van der Waals surface area contributed by atoms with Gasteiger partial charge in [0.1, 0.15) is 0 Å². The number of imide groups is 1. The van der Waals surface area contributed by atoms with Crippen LogP contribution in [0.25, 0.3) is 0 Å². The number of carbonyl (C=O) groups is 3. The van der Waals surface area contributed by atoms with Crippen molar-refractivity contribution in [2.24, 2.45) is 0 Å². The van der Waals surface area contributed by atoms with Crippen molar-refractivity contribution in [3.05, 3.63) is 35.4 Å². The third-order valence-corrected chi connectivity index (χ3v) is 2.70. The average molecular weight is 306 g/mol. The van der Waals surface area contributed by atoms with Gasteiger partial charge in [0.2, 0.25) is 0 Å². The summed E-state index contributed by atoms with van der Waals surface area (Å²) in [5.41, 5.74) is 1.37. The molecule has 0 heterocycles. The minimum Gasteiger partial charge on any atom is -0.455 e. The Balaban J connectivity index is 2.36. The van der Waals surface area contributed by atoms with Gasteiger partial charge in [-0.2, -0.15) is 0 Å². The molecule has 1 aromatic carbocycles. The maximum Gasteiger partial charge on any atom is 0.321 e. The molecule has 0 bridgehead atoms. The number of hydrogen-bond acceptors (Lipinski definition) is 4. The number of hydrogen-bond donors (Lipinski definition) is 2. The summed E-state index contributed by atoms with van der Waals surface area (Å²) in [6, 6.07) is 6.82. The van der Waals surface area contributed by atoms with E-state index in [0.29, 0.717) is 0 Å². The second-order valence-electron chi connectivity index (χ2n) is 6.02. The maximum atomic E-state index is 11.7. The zero-order valence-corrected chi connectivity index (χ0v) is 13.4. The monoisotopic (exact) mass is 306 g/mol. The molecule has 1 aromatic rings. The Morgan fingerprint density at radius 1 is 1.14 bits per heavy atom. The highest BCUT2D eigenvalue weighted by Crippen LogP contribution is 2.08. The number of esters is 1. The summed E-state index contributed by atoms with van der Waals surface area (Å²) in [5.74, 6) is -1.18. The molecule has 0 aliphatic carbocycles. The SMILES string of the molecule is Cc1ccccc1CC(=O)OCC(=O)NC(=O)NC(C)(C)C. The van der Waals surface area contributed by atoms with E-state index in [-0.39, 0.29) is 6.42 Å². The van der Waals surface area contributed by atoms with Crippen LogP contribution in [-0.4, -0.2) is 30.1 Å². The summed E-state index contributed by atoms with van der Waals surface area (Å²) < 4.78 is 4.86. The van der Waals surface area contributed by atoms with Crippen molar-refractivity contribution < 1.29 is 19.1 Å². The average Bonchev–Trinajstić information content (AvgIpc) is 2.37.